The van der Waals surface area contributed by atoms with E-state index in [1.165, 1.54) is 0 Å². The molecule has 1 aliphatic rings. The highest BCUT2D eigenvalue weighted by Crippen LogP contribution is 2.20. The molecule has 0 aromatic heterocycles. The Balaban J connectivity index is 1.64. The number of anilines is 1. The van der Waals surface area contributed by atoms with Gasteiger partial charge in [-0.05, 0) is 42.8 Å². The van der Waals surface area contributed by atoms with E-state index < -0.39 is 0 Å². The molecule has 3 rings (SSSR count). The summed E-state index contributed by atoms with van der Waals surface area (Å²) in [7, 11) is 0. The van der Waals surface area contributed by atoms with Gasteiger partial charge in [-0.2, -0.15) is 0 Å². The monoisotopic (exact) mass is 396 g/mol. The number of nitrogens with zero attached hydrogens (tertiary/aromatic N) is 1. The fourth-order valence-corrected chi connectivity index (χ4v) is 3.15. The summed E-state index contributed by atoms with van der Waals surface area (Å²) < 4.78 is 11.0. The molecule has 2 aromatic rings. The first-order valence-electron chi connectivity index (χ1n) is 10.2. The zero-order valence-electron chi connectivity index (χ0n) is 16.9. The van der Waals surface area contributed by atoms with Crippen molar-refractivity contribution >= 4 is 17.5 Å². The van der Waals surface area contributed by atoms with Crippen LogP contribution in [0.3, 0.4) is 0 Å². The Morgan fingerprint density at radius 3 is 2.48 bits per heavy atom. The third-order valence-electron chi connectivity index (χ3n) is 4.84. The molecule has 1 fully saturated rings. The maximum Gasteiger partial charge on any atom is 0.256 e. The van der Waals surface area contributed by atoms with Gasteiger partial charge in [-0.3, -0.25) is 9.59 Å². The van der Waals surface area contributed by atoms with Gasteiger partial charge in [-0.1, -0.05) is 31.9 Å². The lowest BCUT2D eigenvalue weighted by atomic mass is 10.1. The van der Waals surface area contributed by atoms with Gasteiger partial charge >= 0.3 is 0 Å². The van der Waals surface area contributed by atoms with Crippen molar-refractivity contribution < 1.29 is 19.1 Å². The Hall–Kier alpha value is -2.86. The SMILES string of the molecule is CCCCCOc1ccc(C(=O)Nc2ccccc2C(=O)N2CCOCC2)cc1. The number of unbranched alkanes of at least 4 members (excludes halogenated alkanes) is 2. The van der Waals surface area contributed by atoms with Crippen molar-refractivity contribution in [2.45, 2.75) is 26.2 Å². The summed E-state index contributed by atoms with van der Waals surface area (Å²) in [5, 5.41) is 2.87. The van der Waals surface area contributed by atoms with Crippen molar-refractivity contribution in [3.63, 3.8) is 0 Å². The number of para-hydroxylation sites is 1. The molecule has 2 aromatic carbocycles. The highest BCUT2D eigenvalue weighted by Gasteiger charge is 2.21. The number of amides is 2. The molecular formula is C23H28N2O4. The highest BCUT2D eigenvalue weighted by atomic mass is 16.5. The van der Waals surface area contributed by atoms with Gasteiger partial charge in [0, 0.05) is 18.7 Å². The lowest BCUT2D eigenvalue weighted by Crippen LogP contribution is -2.41. The molecule has 0 radical (unpaired) electrons. The van der Waals surface area contributed by atoms with Gasteiger partial charge in [0.2, 0.25) is 0 Å². The molecule has 1 N–H and O–H groups in total. The van der Waals surface area contributed by atoms with E-state index in [2.05, 4.69) is 12.2 Å². The van der Waals surface area contributed by atoms with Gasteiger partial charge in [0.25, 0.3) is 11.8 Å². The Kier molecular flexibility index (Phi) is 7.64. The summed E-state index contributed by atoms with van der Waals surface area (Å²) in [6.07, 6.45) is 3.31. The third kappa shape index (κ3) is 5.81. The molecule has 6 heteroatoms. The Labute approximate surface area is 171 Å². The fraction of sp³-hybridized carbons (Fsp3) is 0.391. The molecule has 0 saturated carbocycles. The van der Waals surface area contributed by atoms with E-state index in [0.717, 1.165) is 25.0 Å². The lowest BCUT2D eigenvalue weighted by Gasteiger charge is -2.27. The van der Waals surface area contributed by atoms with E-state index in [1.54, 1.807) is 53.4 Å². The minimum atomic E-state index is -0.259. The predicted octanol–water partition coefficient (Wildman–Crippen LogP) is 3.98. The first-order chi connectivity index (χ1) is 14.2. The van der Waals surface area contributed by atoms with Gasteiger partial charge in [-0.15, -0.1) is 0 Å². The Morgan fingerprint density at radius 1 is 1.03 bits per heavy atom. The number of nitrogens with one attached hydrogen (secondary N) is 1. The summed E-state index contributed by atoms with van der Waals surface area (Å²) in [5.74, 6) is 0.394. The van der Waals surface area contributed by atoms with Gasteiger partial charge < -0.3 is 19.7 Å². The van der Waals surface area contributed by atoms with Crippen molar-refractivity contribution in [2.24, 2.45) is 0 Å². The van der Waals surface area contributed by atoms with E-state index >= 15 is 0 Å². The van der Waals surface area contributed by atoms with Crippen molar-refractivity contribution in [1.29, 1.82) is 0 Å². The molecule has 2 amide bonds. The largest absolute Gasteiger partial charge is 0.494 e. The van der Waals surface area contributed by atoms with Crippen LogP contribution in [-0.2, 0) is 4.74 Å². The highest BCUT2D eigenvalue weighted by molar-refractivity contribution is 6.09. The minimum absolute atomic E-state index is 0.0972. The summed E-state index contributed by atoms with van der Waals surface area (Å²) in [6, 6.07) is 14.1. The number of carbonyl (C=O) groups excluding carboxylic acids is 2. The van der Waals surface area contributed by atoms with Crippen LogP contribution in [0, 0.1) is 0 Å². The molecule has 0 bridgehead atoms. The molecule has 6 nitrogen and oxygen atoms in total. The summed E-state index contributed by atoms with van der Waals surface area (Å²) >= 11 is 0. The molecule has 0 spiro atoms. The number of hydrogen-bond donors (Lipinski definition) is 1. The van der Waals surface area contributed by atoms with E-state index in [1.807, 2.05) is 0 Å². The number of hydrogen-bond acceptors (Lipinski definition) is 4. The van der Waals surface area contributed by atoms with E-state index in [4.69, 9.17) is 9.47 Å². The van der Waals surface area contributed by atoms with E-state index in [0.29, 0.717) is 49.7 Å². The molecule has 154 valence electrons. The van der Waals surface area contributed by atoms with Crippen LogP contribution in [0.1, 0.15) is 46.9 Å². The van der Waals surface area contributed by atoms with Gasteiger partial charge in [-0.25, -0.2) is 0 Å². The third-order valence-corrected chi connectivity index (χ3v) is 4.84. The van der Waals surface area contributed by atoms with E-state index in [9.17, 15) is 9.59 Å². The molecule has 1 heterocycles. The maximum absolute atomic E-state index is 12.8. The van der Waals surface area contributed by atoms with Crippen LogP contribution < -0.4 is 10.1 Å². The number of ether oxygens (including phenoxy) is 2. The second-order valence-electron chi connectivity index (χ2n) is 6.98. The lowest BCUT2D eigenvalue weighted by molar-refractivity contribution is 0.0303. The maximum atomic E-state index is 12.8. The van der Waals surface area contributed by atoms with Gasteiger partial charge in [0.05, 0.1) is 31.1 Å². The average molecular weight is 396 g/mol. The van der Waals surface area contributed by atoms with Crippen molar-refractivity contribution in [1.82, 2.24) is 4.90 Å². The standard InChI is InChI=1S/C23H28N2O4/c1-2-3-6-15-29-19-11-9-18(10-12-19)22(26)24-21-8-5-4-7-20(21)23(27)25-13-16-28-17-14-25/h4-5,7-12H,2-3,6,13-17H2,1H3,(H,24,26). The van der Waals surface area contributed by atoms with Crippen LogP contribution in [-0.4, -0.2) is 49.6 Å². The molecular weight excluding hydrogens is 368 g/mol. The fourth-order valence-electron chi connectivity index (χ4n) is 3.15. The summed E-state index contributed by atoms with van der Waals surface area (Å²) in [4.78, 5) is 27.3. The van der Waals surface area contributed by atoms with Crippen LogP contribution >= 0.6 is 0 Å². The first kappa shape index (κ1) is 20.9. The van der Waals surface area contributed by atoms with Crippen LogP contribution in [0.4, 0.5) is 5.69 Å². The Bertz CT molecular complexity index is 814. The van der Waals surface area contributed by atoms with Crippen molar-refractivity contribution in [3.8, 4) is 5.75 Å². The molecule has 0 atom stereocenters. The minimum Gasteiger partial charge on any atom is -0.494 e. The van der Waals surface area contributed by atoms with Gasteiger partial charge in [0.1, 0.15) is 5.75 Å². The molecule has 29 heavy (non-hydrogen) atoms. The topological polar surface area (TPSA) is 67.9 Å². The second kappa shape index (κ2) is 10.6. The van der Waals surface area contributed by atoms with Gasteiger partial charge in [0.15, 0.2) is 0 Å². The summed E-state index contributed by atoms with van der Waals surface area (Å²) in [5.41, 5.74) is 1.51. The van der Waals surface area contributed by atoms with Crippen molar-refractivity contribution in [3.05, 3.63) is 59.7 Å². The zero-order valence-corrected chi connectivity index (χ0v) is 16.9. The van der Waals surface area contributed by atoms with Crippen LogP contribution in [0.15, 0.2) is 48.5 Å². The number of morpholine rings is 1. The second-order valence-corrected chi connectivity index (χ2v) is 6.98. The number of benzene rings is 2. The van der Waals surface area contributed by atoms with Crippen LogP contribution in [0.2, 0.25) is 0 Å². The molecule has 1 aliphatic heterocycles. The molecule has 0 unspecified atom stereocenters. The number of carbonyl (C=O) groups is 2. The van der Waals surface area contributed by atoms with Crippen LogP contribution in [0.25, 0.3) is 0 Å². The average Bonchev–Trinajstić information content (AvgIpc) is 2.77. The number of rotatable bonds is 8. The van der Waals surface area contributed by atoms with E-state index in [-0.39, 0.29) is 11.8 Å². The molecule has 0 aliphatic carbocycles. The van der Waals surface area contributed by atoms with Crippen molar-refractivity contribution in [2.75, 3.05) is 38.2 Å². The normalized spacial score (nSPS) is 13.8. The van der Waals surface area contributed by atoms with Crippen LogP contribution in [0.5, 0.6) is 5.75 Å². The predicted molar refractivity (Wildman–Crippen MR) is 113 cm³/mol. The zero-order chi connectivity index (χ0) is 20.5. The molecule has 1 saturated heterocycles. The first-order valence-corrected chi connectivity index (χ1v) is 10.2. The summed E-state index contributed by atoms with van der Waals surface area (Å²) in [6.45, 7) is 5.01. The Morgan fingerprint density at radius 2 is 1.76 bits per heavy atom. The quantitative estimate of drug-likeness (QED) is 0.686. The smallest absolute Gasteiger partial charge is 0.256 e.